The molecule has 0 bridgehead atoms. The van der Waals surface area contributed by atoms with Crippen LogP contribution in [0.1, 0.15) is 6.42 Å². The summed E-state index contributed by atoms with van der Waals surface area (Å²) in [5.74, 6) is -0.840. The van der Waals surface area contributed by atoms with Crippen LogP contribution in [0.3, 0.4) is 0 Å². The van der Waals surface area contributed by atoms with Crippen LogP contribution in [-0.2, 0) is 9.53 Å². The van der Waals surface area contributed by atoms with Gasteiger partial charge in [0.15, 0.2) is 0 Å². The van der Waals surface area contributed by atoms with Crippen LogP contribution in [0.2, 0.25) is 0 Å². The molecule has 0 fully saturated rings. The first kappa shape index (κ1) is 17.3. The first-order valence-corrected chi connectivity index (χ1v) is 6.88. The number of carbonyl (C=O) groups is 1. The first-order valence-electron chi connectivity index (χ1n) is 6.08. The molecule has 0 aliphatic heterocycles. The van der Waals surface area contributed by atoms with Gasteiger partial charge in [0.2, 0.25) is 5.91 Å². The average molecular weight is 364 g/mol. The van der Waals surface area contributed by atoms with Gasteiger partial charge in [0, 0.05) is 38.8 Å². The number of nitrogens with one attached hydrogen (secondary N) is 2. The maximum atomic E-state index is 13.4. The fourth-order valence-electron chi connectivity index (χ4n) is 1.52. The third-order valence-corrected chi connectivity index (χ3v) is 3.14. The predicted octanol–water partition coefficient (Wildman–Crippen LogP) is 2.06. The van der Waals surface area contributed by atoms with E-state index in [0.29, 0.717) is 13.2 Å². The van der Waals surface area contributed by atoms with Crippen LogP contribution in [0.15, 0.2) is 16.6 Å². The predicted molar refractivity (Wildman–Crippen MR) is 78.7 cm³/mol. The second-order valence-electron chi connectivity index (χ2n) is 4.06. The zero-order valence-electron chi connectivity index (χ0n) is 11.3. The Morgan fingerprint density at radius 2 is 2.19 bits per heavy atom. The highest BCUT2D eigenvalue weighted by molar-refractivity contribution is 9.10. The van der Waals surface area contributed by atoms with Crippen molar-refractivity contribution in [2.45, 2.75) is 6.42 Å². The van der Waals surface area contributed by atoms with Gasteiger partial charge < -0.3 is 15.4 Å². The van der Waals surface area contributed by atoms with Crippen molar-refractivity contribution in [1.29, 1.82) is 0 Å². The largest absolute Gasteiger partial charge is 0.383 e. The van der Waals surface area contributed by atoms with Gasteiger partial charge in [-0.05, 0) is 15.9 Å². The lowest BCUT2D eigenvalue weighted by atomic mass is 10.2. The summed E-state index contributed by atoms with van der Waals surface area (Å²) in [7, 11) is 1.52. The van der Waals surface area contributed by atoms with Gasteiger partial charge in [-0.1, -0.05) is 0 Å². The molecule has 7 nitrogen and oxygen atoms in total. The molecule has 21 heavy (non-hydrogen) atoms. The van der Waals surface area contributed by atoms with Crippen LogP contribution in [-0.4, -0.2) is 37.6 Å². The van der Waals surface area contributed by atoms with Gasteiger partial charge in [0.25, 0.3) is 5.69 Å². The van der Waals surface area contributed by atoms with Gasteiger partial charge in [0.1, 0.15) is 11.5 Å². The number of ether oxygens (including phenoxy) is 1. The fourth-order valence-corrected chi connectivity index (χ4v) is 1.85. The second kappa shape index (κ2) is 8.53. The summed E-state index contributed by atoms with van der Waals surface area (Å²) in [5, 5.41) is 16.2. The Labute approximate surface area is 129 Å². The Balaban J connectivity index is 2.57. The standard InChI is InChI=1S/C12H15BrFN3O4/c1-21-5-4-16-12(18)2-3-15-10-7-9(14)8(13)6-11(10)17(19)20/h6-7,15H,2-5H2,1H3,(H,16,18). The lowest BCUT2D eigenvalue weighted by Gasteiger charge is -2.08. The molecule has 0 atom stereocenters. The van der Waals surface area contributed by atoms with Gasteiger partial charge in [-0.3, -0.25) is 14.9 Å². The van der Waals surface area contributed by atoms with Crippen LogP contribution in [0.25, 0.3) is 0 Å². The summed E-state index contributed by atoms with van der Waals surface area (Å²) >= 11 is 2.89. The van der Waals surface area contributed by atoms with E-state index in [9.17, 15) is 19.3 Å². The number of nitro benzene ring substituents is 1. The van der Waals surface area contributed by atoms with E-state index in [1.165, 1.54) is 7.11 Å². The zero-order chi connectivity index (χ0) is 15.8. The molecular formula is C12H15BrFN3O4. The third-order valence-electron chi connectivity index (χ3n) is 2.53. The van der Waals surface area contributed by atoms with Gasteiger partial charge in [0.05, 0.1) is 16.0 Å². The Morgan fingerprint density at radius 3 is 2.81 bits per heavy atom. The molecule has 0 heterocycles. The molecule has 9 heteroatoms. The third kappa shape index (κ3) is 5.64. The molecule has 1 aromatic rings. The molecule has 0 radical (unpaired) electrons. The molecule has 1 rings (SSSR count). The van der Waals surface area contributed by atoms with E-state index in [1.807, 2.05) is 0 Å². The molecule has 0 spiro atoms. The lowest BCUT2D eigenvalue weighted by Crippen LogP contribution is -2.28. The van der Waals surface area contributed by atoms with E-state index >= 15 is 0 Å². The number of methoxy groups -OCH3 is 1. The summed E-state index contributed by atoms with van der Waals surface area (Å²) in [4.78, 5) is 21.7. The number of benzene rings is 1. The summed E-state index contributed by atoms with van der Waals surface area (Å²) in [5.41, 5.74) is -0.228. The molecule has 0 aromatic heterocycles. The van der Waals surface area contributed by atoms with Crippen LogP contribution in [0.5, 0.6) is 0 Å². The maximum Gasteiger partial charge on any atom is 0.293 e. The molecule has 0 aliphatic carbocycles. The van der Waals surface area contributed by atoms with Gasteiger partial charge in [-0.15, -0.1) is 0 Å². The normalized spacial score (nSPS) is 10.2. The van der Waals surface area contributed by atoms with E-state index in [2.05, 4.69) is 26.6 Å². The minimum Gasteiger partial charge on any atom is -0.383 e. The maximum absolute atomic E-state index is 13.4. The molecule has 0 aliphatic rings. The van der Waals surface area contributed by atoms with E-state index in [0.717, 1.165) is 12.1 Å². The smallest absolute Gasteiger partial charge is 0.293 e. The van der Waals surface area contributed by atoms with Crippen LogP contribution >= 0.6 is 15.9 Å². The number of nitro groups is 1. The Kier molecular flexibility index (Phi) is 7.03. The summed E-state index contributed by atoms with van der Waals surface area (Å²) < 4.78 is 18.2. The highest BCUT2D eigenvalue weighted by Gasteiger charge is 2.17. The average Bonchev–Trinajstić information content (AvgIpc) is 2.42. The number of nitrogens with zero attached hydrogens (tertiary/aromatic N) is 1. The molecular weight excluding hydrogens is 349 g/mol. The quantitative estimate of drug-likeness (QED) is 0.418. The number of rotatable bonds is 8. The summed E-state index contributed by atoms with van der Waals surface area (Å²) in [6.45, 7) is 0.950. The minimum atomic E-state index is -0.620. The molecule has 116 valence electrons. The van der Waals surface area contributed by atoms with Crippen molar-refractivity contribution in [3.05, 3.63) is 32.5 Å². The van der Waals surface area contributed by atoms with Crippen molar-refractivity contribution in [3.8, 4) is 0 Å². The summed E-state index contributed by atoms with van der Waals surface area (Å²) in [6.07, 6.45) is 0.110. The molecule has 0 saturated carbocycles. The van der Waals surface area contributed by atoms with E-state index in [4.69, 9.17) is 4.74 Å². The van der Waals surface area contributed by atoms with Crippen molar-refractivity contribution < 1.29 is 18.8 Å². The lowest BCUT2D eigenvalue weighted by molar-refractivity contribution is -0.384. The summed E-state index contributed by atoms with van der Waals surface area (Å²) in [6, 6.07) is 2.10. The van der Waals surface area contributed by atoms with Crippen molar-refractivity contribution in [3.63, 3.8) is 0 Å². The Morgan fingerprint density at radius 1 is 1.48 bits per heavy atom. The van der Waals surface area contributed by atoms with Crippen molar-refractivity contribution in [2.75, 3.05) is 32.1 Å². The minimum absolute atomic E-state index is 0.0112. The van der Waals surface area contributed by atoms with Crippen LogP contribution in [0, 0.1) is 15.9 Å². The highest BCUT2D eigenvalue weighted by Crippen LogP contribution is 2.30. The number of anilines is 1. The van der Waals surface area contributed by atoms with Crippen molar-refractivity contribution in [1.82, 2.24) is 5.32 Å². The SMILES string of the molecule is COCCNC(=O)CCNc1cc(F)c(Br)cc1[N+](=O)[O-]. The topological polar surface area (TPSA) is 93.5 Å². The van der Waals surface area contributed by atoms with Gasteiger partial charge >= 0.3 is 0 Å². The van der Waals surface area contributed by atoms with Crippen LogP contribution in [0.4, 0.5) is 15.8 Å². The Hall–Kier alpha value is -1.74. The number of halogens is 2. The zero-order valence-corrected chi connectivity index (χ0v) is 12.9. The molecule has 0 saturated heterocycles. The highest BCUT2D eigenvalue weighted by atomic mass is 79.9. The molecule has 1 amide bonds. The monoisotopic (exact) mass is 363 g/mol. The molecule has 0 unspecified atom stereocenters. The van der Waals surface area contributed by atoms with Gasteiger partial charge in [-0.2, -0.15) is 0 Å². The second-order valence-corrected chi connectivity index (χ2v) is 4.91. The van der Waals surface area contributed by atoms with Crippen molar-refractivity contribution in [2.24, 2.45) is 0 Å². The number of carbonyl (C=O) groups excluding carboxylic acids is 1. The van der Waals surface area contributed by atoms with Crippen molar-refractivity contribution >= 4 is 33.2 Å². The van der Waals surface area contributed by atoms with Crippen LogP contribution < -0.4 is 10.6 Å². The first-order chi connectivity index (χ1) is 9.95. The van der Waals surface area contributed by atoms with E-state index < -0.39 is 10.7 Å². The number of amides is 1. The van der Waals surface area contributed by atoms with E-state index in [1.54, 1.807) is 0 Å². The van der Waals surface area contributed by atoms with E-state index in [-0.39, 0.29) is 34.7 Å². The number of hydrogen-bond donors (Lipinski definition) is 2. The number of hydrogen-bond acceptors (Lipinski definition) is 5. The fraction of sp³-hybridized carbons (Fsp3) is 0.417. The Bertz CT molecular complexity index is 527. The van der Waals surface area contributed by atoms with Gasteiger partial charge in [-0.25, -0.2) is 4.39 Å². The molecule has 1 aromatic carbocycles. The molecule has 2 N–H and O–H groups in total.